The van der Waals surface area contributed by atoms with Crippen molar-refractivity contribution in [2.45, 2.75) is 20.4 Å². The number of aryl methyl sites for hydroxylation is 2. The molecule has 0 fully saturated rings. The molecule has 0 aliphatic heterocycles. The molecular weight excluding hydrogens is 300 g/mol. The highest BCUT2D eigenvalue weighted by Crippen LogP contribution is 2.28. The van der Waals surface area contributed by atoms with Crippen molar-refractivity contribution in [3.63, 3.8) is 0 Å². The summed E-state index contributed by atoms with van der Waals surface area (Å²) in [5, 5.41) is 12.2. The fourth-order valence-corrected chi connectivity index (χ4v) is 2.84. The summed E-state index contributed by atoms with van der Waals surface area (Å²) >= 11 is 3.59. The van der Waals surface area contributed by atoms with Gasteiger partial charge in [-0.2, -0.15) is 5.26 Å². The van der Waals surface area contributed by atoms with Crippen LogP contribution in [-0.4, -0.2) is 0 Å². The maximum atomic E-state index is 8.76. The van der Waals surface area contributed by atoms with Crippen LogP contribution in [0.4, 0.5) is 5.69 Å². The summed E-state index contributed by atoms with van der Waals surface area (Å²) in [5.41, 5.74) is 5.44. The maximum Gasteiger partial charge on any atom is 0.0991 e. The van der Waals surface area contributed by atoms with E-state index in [1.54, 1.807) is 0 Å². The summed E-state index contributed by atoms with van der Waals surface area (Å²) in [6.07, 6.45) is 0. The van der Waals surface area contributed by atoms with Gasteiger partial charge in [-0.1, -0.05) is 18.2 Å². The van der Waals surface area contributed by atoms with Crippen molar-refractivity contribution >= 4 is 21.6 Å². The van der Waals surface area contributed by atoms with Gasteiger partial charge in [0.25, 0.3) is 0 Å². The molecule has 0 amide bonds. The average molecular weight is 315 g/mol. The number of nitrogens with one attached hydrogen (secondary N) is 1. The number of anilines is 1. The summed E-state index contributed by atoms with van der Waals surface area (Å²) in [6, 6.07) is 14.0. The van der Waals surface area contributed by atoms with E-state index in [9.17, 15) is 0 Å². The molecule has 2 rings (SSSR count). The minimum absolute atomic E-state index is 0.691. The van der Waals surface area contributed by atoms with Crippen molar-refractivity contribution in [1.82, 2.24) is 0 Å². The summed E-state index contributed by atoms with van der Waals surface area (Å²) in [5.74, 6) is 0. The second-order valence-corrected chi connectivity index (χ2v) is 5.46. The zero-order chi connectivity index (χ0) is 13.8. The van der Waals surface area contributed by atoms with Crippen molar-refractivity contribution < 1.29 is 0 Å². The molecule has 0 aliphatic rings. The molecule has 0 radical (unpaired) electrons. The van der Waals surface area contributed by atoms with E-state index < -0.39 is 0 Å². The summed E-state index contributed by atoms with van der Waals surface area (Å²) in [7, 11) is 0. The summed E-state index contributed by atoms with van der Waals surface area (Å²) in [4.78, 5) is 0. The smallest absolute Gasteiger partial charge is 0.0991 e. The van der Waals surface area contributed by atoms with Gasteiger partial charge in [0, 0.05) is 11.0 Å². The molecule has 96 valence electrons. The maximum absolute atomic E-state index is 8.76. The lowest BCUT2D eigenvalue weighted by molar-refractivity contribution is 1.13. The second-order valence-electron chi connectivity index (χ2n) is 4.60. The first-order chi connectivity index (χ1) is 9.10. The number of rotatable bonds is 3. The fourth-order valence-electron chi connectivity index (χ4n) is 2.03. The molecule has 3 heteroatoms. The number of nitriles is 1. The van der Waals surface area contributed by atoms with Crippen LogP contribution in [-0.2, 0) is 6.54 Å². The summed E-state index contributed by atoms with van der Waals surface area (Å²) in [6.45, 7) is 4.93. The predicted molar refractivity (Wildman–Crippen MR) is 82.1 cm³/mol. The highest BCUT2D eigenvalue weighted by molar-refractivity contribution is 9.10. The standard InChI is InChI=1S/C16H15BrN2/c1-11-7-12(2)16(15(17)8-11)19-10-14-5-3-13(9-18)4-6-14/h3-8,19H,10H2,1-2H3. The Morgan fingerprint density at radius 2 is 1.84 bits per heavy atom. The minimum atomic E-state index is 0.691. The molecule has 0 bridgehead atoms. The number of halogens is 1. The normalized spacial score (nSPS) is 10.0. The van der Waals surface area contributed by atoms with Crippen molar-refractivity contribution in [3.8, 4) is 6.07 Å². The molecule has 0 heterocycles. The number of benzene rings is 2. The molecule has 19 heavy (non-hydrogen) atoms. The van der Waals surface area contributed by atoms with Gasteiger partial charge >= 0.3 is 0 Å². The van der Waals surface area contributed by atoms with Crippen LogP contribution in [0.3, 0.4) is 0 Å². The van der Waals surface area contributed by atoms with Crippen molar-refractivity contribution in [1.29, 1.82) is 5.26 Å². The molecule has 2 aromatic rings. The molecule has 2 aromatic carbocycles. The Hall–Kier alpha value is -1.79. The number of hydrogen-bond acceptors (Lipinski definition) is 2. The third-order valence-corrected chi connectivity index (χ3v) is 3.61. The Kier molecular flexibility index (Phi) is 4.24. The molecule has 0 atom stereocenters. The molecule has 0 saturated carbocycles. The van der Waals surface area contributed by atoms with Gasteiger partial charge in [0.1, 0.15) is 0 Å². The van der Waals surface area contributed by atoms with Crippen LogP contribution < -0.4 is 5.32 Å². The predicted octanol–water partition coefficient (Wildman–Crippen LogP) is 4.55. The Bertz CT molecular complexity index is 601. The van der Waals surface area contributed by atoms with Crippen LogP contribution in [0.15, 0.2) is 40.9 Å². The molecule has 0 saturated heterocycles. The number of nitrogens with zero attached hydrogens (tertiary/aromatic N) is 1. The largest absolute Gasteiger partial charge is 0.380 e. The average Bonchev–Trinajstić information content (AvgIpc) is 2.38. The first-order valence-electron chi connectivity index (χ1n) is 6.10. The van der Waals surface area contributed by atoms with Crippen LogP contribution in [0.1, 0.15) is 22.3 Å². The van der Waals surface area contributed by atoms with E-state index in [0.29, 0.717) is 5.56 Å². The van der Waals surface area contributed by atoms with Gasteiger partial charge in [-0.05, 0) is 64.7 Å². The fraction of sp³-hybridized carbons (Fsp3) is 0.188. The lowest BCUT2D eigenvalue weighted by Crippen LogP contribution is -2.02. The molecule has 1 N–H and O–H groups in total. The Morgan fingerprint density at radius 1 is 1.16 bits per heavy atom. The lowest BCUT2D eigenvalue weighted by atomic mass is 10.1. The third kappa shape index (κ3) is 3.36. The van der Waals surface area contributed by atoms with E-state index in [4.69, 9.17) is 5.26 Å². The van der Waals surface area contributed by atoms with Gasteiger partial charge in [-0.25, -0.2) is 0 Å². The van der Waals surface area contributed by atoms with Crippen molar-refractivity contribution in [3.05, 3.63) is 63.1 Å². The van der Waals surface area contributed by atoms with Gasteiger partial charge in [-0.15, -0.1) is 0 Å². The Labute approximate surface area is 122 Å². The van der Waals surface area contributed by atoms with Gasteiger partial charge < -0.3 is 5.32 Å². The highest BCUT2D eigenvalue weighted by Gasteiger charge is 2.04. The zero-order valence-electron chi connectivity index (χ0n) is 11.0. The van der Waals surface area contributed by atoms with Crippen molar-refractivity contribution in [2.24, 2.45) is 0 Å². The van der Waals surface area contributed by atoms with Gasteiger partial charge in [0.2, 0.25) is 0 Å². The molecule has 0 unspecified atom stereocenters. The van der Waals surface area contributed by atoms with Gasteiger partial charge in [0.15, 0.2) is 0 Å². The van der Waals surface area contributed by atoms with Gasteiger partial charge in [0.05, 0.1) is 17.3 Å². The van der Waals surface area contributed by atoms with Crippen LogP contribution in [0.25, 0.3) is 0 Å². The van der Waals surface area contributed by atoms with E-state index >= 15 is 0 Å². The molecule has 2 nitrogen and oxygen atoms in total. The first-order valence-corrected chi connectivity index (χ1v) is 6.89. The molecule has 0 aromatic heterocycles. The quantitative estimate of drug-likeness (QED) is 0.902. The van der Waals surface area contributed by atoms with E-state index in [0.717, 1.165) is 22.3 Å². The van der Waals surface area contributed by atoms with Crippen LogP contribution >= 0.6 is 15.9 Å². The Morgan fingerprint density at radius 3 is 2.42 bits per heavy atom. The molecule has 0 spiro atoms. The van der Waals surface area contributed by atoms with E-state index in [1.165, 1.54) is 11.1 Å². The van der Waals surface area contributed by atoms with E-state index in [2.05, 4.69) is 53.3 Å². The SMILES string of the molecule is Cc1cc(C)c(NCc2ccc(C#N)cc2)c(Br)c1. The zero-order valence-corrected chi connectivity index (χ0v) is 12.6. The second kappa shape index (κ2) is 5.90. The van der Waals surface area contributed by atoms with Crippen molar-refractivity contribution in [2.75, 3.05) is 5.32 Å². The summed E-state index contributed by atoms with van der Waals surface area (Å²) < 4.78 is 1.08. The van der Waals surface area contributed by atoms with Crippen LogP contribution in [0.5, 0.6) is 0 Å². The Balaban J connectivity index is 2.12. The minimum Gasteiger partial charge on any atom is -0.380 e. The third-order valence-electron chi connectivity index (χ3n) is 2.98. The highest BCUT2D eigenvalue weighted by atomic mass is 79.9. The topological polar surface area (TPSA) is 35.8 Å². The number of hydrogen-bond donors (Lipinski definition) is 1. The molecular formula is C16H15BrN2. The monoisotopic (exact) mass is 314 g/mol. The van der Waals surface area contributed by atoms with Crippen LogP contribution in [0.2, 0.25) is 0 Å². The van der Waals surface area contributed by atoms with E-state index in [-0.39, 0.29) is 0 Å². The van der Waals surface area contributed by atoms with Gasteiger partial charge in [-0.3, -0.25) is 0 Å². The first kappa shape index (κ1) is 13.6. The van der Waals surface area contributed by atoms with E-state index in [1.807, 2.05) is 24.3 Å². The molecule has 0 aliphatic carbocycles. The van der Waals surface area contributed by atoms with Crippen LogP contribution in [0, 0.1) is 25.2 Å². The lowest BCUT2D eigenvalue weighted by Gasteiger charge is -2.13.